The molecule has 18 heavy (non-hydrogen) atoms. The second-order valence-electron chi connectivity index (χ2n) is 6.22. The van der Waals surface area contributed by atoms with Crippen LogP contribution in [0.4, 0.5) is 0 Å². The zero-order valence-corrected chi connectivity index (χ0v) is 11.8. The fraction of sp³-hybridized carbons (Fsp3) is 0.625. The molecule has 2 rings (SSSR count). The quantitative estimate of drug-likeness (QED) is 0.885. The largest absolute Gasteiger partial charge is 0.381 e. The van der Waals surface area contributed by atoms with Crippen molar-refractivity contribution in [3.8, 4) is 0 Å². The second kappa shape index (κ2) is 5.85. The van der Waals surface area contributed by atoms with Crippen molar-refractivity contribution in [2.24, 2.45) is 0 Å². The lowest BCUT2D eigenvalue weighted by atomic mass is 9.86. The zero-order chi connectivity index (χ0) is 13.0. The number of hydrogen-bond acceptors (Lipinski definition) is 2. The average Bonchev–Trinajstić information content (AvgIpc) is 2.37. The van der Waals surface area contributed by atoms with E-state index in [9.17, 15) is 0 Å². The standard InChI is InChI=1S/C16H25NO/c1-16(2,3)14-6-4-5-13(11-14)12-17-15-7-9-18-10-8-15/h4-6,11,15,17H,7-10,12H2,1-3H3. The van der Waals surface area contributed by atoms with Crippen molar-refractivity contribution in [1.82, 2.24) is 5.32 Å². The number of ether oxygens (including phenoxy) is 1. The first kappa shape index (κ1) is 13.6. The van der Waals surface area contributed by atoms with Crippen LogP contribution in [0, 0.1) is 0 Å². The van der Waals surface area contributed by atoms with E-state index < -0.39 is 0 Å². The Hall–Kier alpha value is -0.860. The zero-order valence-electron chi connectivity index (χ0n) is 11.8. The summed E-state index contributed by atoms with van der Waals surface area (Å²) in [6.07, 6.45) is 2.28. The maximum Gasteiger partial charge on any atom is 0.0480 e. The lowest BCUT2D eigenvalue weighted by Gasteiger charge is -2.24. The molecule has 0 bridgehead atoms. The van der Waals surface area contributed by atoms with Gasteiger partial charge in [0, 0.05) is 25.8 Å². The molecule has 0 radical (unpaired) electrons. The third kappa shape index (κ3) is 3.82. The summed E-state index contributed by atoms with van der Waals surface area (Å²) in [6.45, 7) is 9.56. The highest BCUT2D eigenvalue weighted by atomic mass is 16.5. The first-order valence-electron chi connectivity index (χ1n) is 6.96. The number of nitrogens with one attached hydrogen (secondary N) is 1. The summed E-state index contributed by atoms with van der Waals surface area (Å²) in [6, 6.07) is 9.55. The first-order chi connectivity index (χ1) is 8.55. The summed E-state index contributed by atoms with van der Waals surface area (Å²) < 4.78 is 5.38. The van der Waals surface area contributed by atoms with Crippen LogP contribution < -0.4 is 5.32 Å². The minimum atomic E-state index is 0.231. The number of rotatable bonds is 3. The summed E-state index contributed by atoms with van der Waals surface area (Å²) in [7, 11) is 0. The normalized spacial score (nSPS) is 17.9. The molecule has 0 unspecified atom stereocenters. The van der Waals surface area contributed by atoms with Crippen LogP contribution in [-0.4, -0.2) is 19.3 Å². The summed E-state index contributed by atoms with van der Waals surface area (Å²) in [5, 5.41) is 3.64. The molecular weight excluding hydrogens is 222 g/mol. The van der Waals surface area contributed by atoms with Crippen molar-refractivity contribution < 1.29 is 4.74 Å². The third-order valence-electron chi connectivity index (χ3n) is 3.61. The summed E-state index contributed by atoms with van der Waals surface area (Å²) >= 11 is 0. The van der Waals surface area contributed by atoms with Gasteiger partial charge in [-0.05, 0) is 29.4 Å². The van der Waals surface area contributed by atoms with E-state index in [4.69, 9.17) is 4.74 Å². The van der Waals surface area contributed by atoms with E-state index in [1.165, 1.54) is 11.1 Å². The molecule has 1 saturated heterocycles. The van der Waals surface area contributed by atoms with Crippen LogP contribution in [0.2, 0.25) is 0 Å². The molecule has 1 N–H and O–H groups in total. The minimum Gasteiger partial charge on any atom is -0.381 e. The Morgan fingerprint density at radius 2 is 1.94 bits per heavy atom. The lowest BCUT2D eigenvalue weighted by molar-refractivity contribution is 0.0776. The van der Waals surface area contributed by atoms with Gasteiger partial charge in [-0.1, -0.05) is 45.0 Å². The van der Waals surface area contributed by atoms with Crippen LogP contribution in [0.5, 0.6) is 0 Å². The molecule has 1 aromatic carbocycles. The molecule has 0 aliphatic carbocycles. The lowest BCUT2D eigenvalue weighted by Crippen LogP contribution is -2.34. The molecule has 0 aromatic heterocycles. The van der Waals surface area contributed by atoms with Gasteiger partial charge in [0.2, 0.25) is 0 Å². The van der Waals surface area contributed by atoms with Gasteiger partial charge < -0.3 is 10.1 Å². The van der Waals surface area contributed by atoms with Crippen molar-refractivity contribution in [2.45, 2.75) is 51.6 Å². The Bertz CT molecular complexity index is 375. The molecule has 0 atom stereocenters. The van der Waals surface area contributed by atoms with Crippen LogP contribution in [0.25, 0.3) is 0 Å². The van der Waals surface area contributed by atoms with Gasteiger partial charge in [-0.15, -0.1) is 0 Å². The highest BCUT2D eigenvalue weighted by molar-refractivity contribution is 5.28. The molecule has 0 saturated carbocycles. The molecule has 1 aliphatic rings. The topological polar surface area (TPSA) is 21.3 Å². The smallest absolute Gasteiger partial charge is 0.0480 e. The van der Waals surface area contributed by atoms with Gasteiger partial charge in [0.05, 0.1) is 0 Å². The van der Waals surface area contributed by atoms with Crippen molar-refractivity contribution in [1.29, 1.82) is 0 Å². The van der Waals surface area contributed by atoms with Crippen LogP contribution in [0.3, 0.4) is 0 Å². The van der Waals surface area contributed by atoms with E-state index in [0.29, 0.717) is 6.04 Å². The van der Waals surface area contributed by atoms with E-state index in [1.807, 2.05) is 0 Å². The monoisotopic (exact) mass is 247 g/mol. The van der Waals surface area contributed by atoms with E-state index in [0.717, 1.165) is 32.6 Å². The third-order valence-corrected chi connectivity index (χ3v) is 3.61. The number of hydrogen-bond donors (Lipinski definition) is 1. The molecule has 2 heteroatoms. The van der Waals surface area contributed by atoms with Crippen LogP contribution in [0.15, 0.2) is 24.3 Å². The molecule has 100 valence electrons. The molecule has 0 amide bonds. The summed E-state index contributed by atoms with van der Waals surface area (Å²) in [5.74, 6) is 0. The Balaban J connectivity index is 1.92. The van der Waals surface area contributed by atoms with Crippen LogP contribution in [-0.2, 0) is 16.7 Å². The van der Waals surface area contributed by atoms with E-state index in [-0.39, 0.29) is 5.41 Å². The van der Waals surface area contributed by atoms with Gasteiger partial charge in [-0.2, -0.15) is 0 Å². The van der Waals surface area contributed by atoms with Crippen molar-refractivity contribution >= 4 is 0 Å². The highest BCUT2D eigenvalue weighted by Crippen LogP contribution is 2.22. The molecule has 0 spiro atoms. The van der Waals surface area contributed by atoms with E-state index in [1.54, 1.807) is 0 Å². The predicted octanol–water partition coefficient (Wildman–Crippen LogP) is 3.25. The van der Waals surface area contributed by atoms with Crippen LogP contribution >= 0.6 is 0 Å². The SMILES string of the molecule is CC(C)(C)c1cccc(CNC2CCOCC2)c1. The summed E-state index contributed by atoms with van der Waals surface area (Å²) in [4.78, 5) is 0. The van der Waals surface area contributed by atoms with Gasteiger partial charge in [0.1, 0.15) is 0 Å². The fourth-order valence-electron chi connectivity index (χ4n) is 2.31. The highest BCUT2D eigenvalue weighted by Gasteiger charge is 2.15. The maximum atomic E-state index is 5.38. The van der Waals surface area contributed by atoms with E-state index >= 15 is 0 Å². The molecule has 1 aromatic rings. The fourth-order valence-corrected chi connectivity index (χ4v) is 2.31. The molecule has 1 heterocycles. The van der Waals surface area contributed by atoms with E-state index in [2.05, 4.69) is 50.4 Å². The maximum absolute atomic E-state index is 5.38. The van der Waals surface area contributed by atoms with Gasteiger partial charge >= 0.3 is 0 Å². The Labute approximate surface area is 111 Å². The Morgan fingerprint density at radius 3 is 2.61 bits per heavy atom. The first-order valence-corrected chi connectivity index (χ1v) is 6.96. The minimum absolute atomic E-state index is 0.231. The molecule has 1 aliphatic heterocycles. The molecule has 2 nitrogen and oxygen atoms in total. The van der Waals surface area contributed by atoms with Gasteiger partial charge in [0.25, 0.3) is 0 Å². The van der Waals surface area contributed by atoms with Crippen LogP contribution in [0.1, 0.15) is 44.7 Å². The van der Waals surface area contributed by atoms with Crippen molar-refractivity contribution in [3.05, 3.63) is 35.4 Å². The Morgan fingerprint density at radius 1 is 1.22 bits per heavy atom. The van der Waals surface area contributed by atoms with Gasteiger partial charge in [-0.25, -0.2) is 0 Å². The average molecular weight is 247 g/mol. The Kier molecular flexibility index (Phi) is 4.41. The van der Waals surface area contributed by atoms with Crippen molar-refractivity contribution in [3.63, 3.8) is 0 Å². The summed E-state index contributed by atoms with van der Waals surface area (Å²) in [5.41, 5.74) is 3.03. The molecular formula is C16H25NO. The predicted molar refractivity (Wildman–Crippen MR) is 75.8 cm³/mol. The second-order valence-corrected chi connectivity index (χ2v) is 6.22. The van der Waals surface area contributed by atoms with Crippen molar-refractivity contribution in [2.75, 3.05) is 13.2 Å². The van der Waals surface area contributed by atoms with Gasteiger partial charge in [0.15, 0.2) is 0 Å². The van der Waals surface area contributed by atoms with Gasteiger partial charge in [-0.3, -0.25) is 0 Å². The number of benzene rings is 1. The molecule has 1 fully saturated rings.